The maximum atomic E-state index is 12.8. The molecule has 1 aromatic rings. The van der Waals surface area contributed by atoms with E-state index in [4.69, 9.17) is 9.47 Å². The molecule has 7 unspecified atom stereocenters. The van der Waals surface area contributed by atoms with Gasteiger partial charge in [-0.25, -0.2) is 14.4 Å². The molecule has 0 saturated carbocycles. The number of hydrogen-bond acceptors (Lipinski definition) is 9. The van der Waals surface area contributed by atoms with Gasteiger partial charge in [-0.05, 0) is 24.5 Å². The summed E-state index contributed by atoms with van der Waals surface area (Å²) in [5, 5.41) is 60.7. The zero-order chi connectivity index (χ0) is 26.3. The van der Waals surface area contributed by atoms with Crippen LogP contribution in [-0.4, -0.2) is 89.6 Å². The molecule has 12 heteroatoms. The number of aliphatic hydroxyl groups excluding tert-OH is 2. The van der Waals surface area contributed by atoms with Crippen molar-refractivity contribution in [3.05, 3.63) is 47.5 Å². The number of allylic oxidation sites excluding steroid dienone is 1. The Morgan fingerprint density at radius 3 is 2.14 bits per heavy atom. The van der Waals surface area contributed by atoms with Crippen molar-refractivity contribution in [3.63, 3.8) is 0 Å². The number of carboxylic acid groups (broad SMARTS) is 3. The lowest BCUT2D eigenvalue weighted by Crippen LogP contribution is -2.77. The van der Waals surface area contributed by atoms with E-state index in [9.17, 15) is 49.8 Å². The van der Waals surface area contributed by atoms with Crippen LogP contribution in [0.4, 0.5) is 0 Å². The lowest BCUT2D eigenvalue weighted by Gasteiger charge is -2.48. The molecule has 2 bridgehead atoms. The molecule has 2 saturated heterocycles. The molecule has 1 aromatic carbocycles. The minimum Gasteiger partial charge on any atom is -0.479 e. The minimum atomic E-state index is -3.80. The van der Waals surface area contributed by atoms with Crippen LogP contribution in [0.5, 0.6) is 0 Å². The van der Waals surface area contributed by atoms with Gasteiger partial charge in [0, 0.05) is 12.3 Å². The summed E-state index contributed by atoms with van der Waals surface area (Å²) in [7, 11) is 0. The van der Waals surface area contributed by atoms with E-state index in [1.165, 1.54) is 13.0 Å². The van der Waals surface area contributed by atoms with E-state index in [-0.39, 0.29) is 11.4 Å². The van der Waals surface area contributed by atoms with E-state index < -0.39 is 65.5 Å². The number of rotatable bonds is 9. The predicted octanol–water partition coefficient (Wildman–Crippen LogP) is -0.658. The fourth-order valence-corrected chi connectivity index (χ4v) is 4.62. The van der Waals surface area contributed by atoms with E-state index in [0.29, 0.717) is 6.42 Å². The van der Waals surface area contributed by atoms with Crippen molar-refractivity contribution in [2.45, 2.75) is 62.0 Å². The zero-order valence-electron chi connectivity index (χ0n) is 18.8. The summed E-state index contributed by atoms with van der Waals surface area (Å²) < 4.78 is 10.4. The van der Waals surface area contributed by atoms with E-state index in [2.05, 4.69) is 0 Å². The Morgan fingerprint density at radius 1 is 1.03 bits per heavy atom. The van der Waals surface area contributed by atoms with Crippen LogP contribution in [0.3, 0.4) is 0 Å². The van der Waals surface area contributed by atoms with Crippen LogP contribution in [0.15, 0.2) is 42.0 Å². The summed E-state index contributed by atoms with van der Waals surface area (Å²) >= 11 is 0. The van der Waals surface area contributed by atoms with Crippen molar-refractivity contribution < 1.29 is 59.3 Å². The fourth-order valence-electron chi connectivity index (χ4n) is 4.62. The Balaban J connectivity index is 1.95. The molecular weight excluding hydrogens is 468 g/mol. The second-order valence-corrected chi connectivity index (χ2v) is 8.80. The van der Waals surface area contributed by atoms with Gasteiger partial charge in [-0.15, -0.1) is 0 Å². The monoisotopic (exact) mass is 494 g/mol. The largest absolute Gasteiger partial charge is 0.479 e. The van der Waals surface area contributed by atoms with Gasteiger partial charge in [0.05, 0.1) is 0 Å². The van der Waals surface area contributed by atoms with E-state index in [1.807, 2.05) is 30.3 Å². The second kappa shape index (κ2) is 9.13. The Morgan fingerprint density at radius 2 is 1.63 bits per heavy atom. The van der Waals surface area contributed by atoms with Crippen LogP contribution in [0.2, 0.25) is 0 Å². The van der Waals surface area contributed by atoms with Crippen molar-refractivity contribution in [2.24, 2.45) is 5.92 Å². The van der Waals surface area contributed by atoms with Crippen molar-refractivity contribution in [1.29, 1.82) is 0 Å². The Hall–Kier alpha value is -3.16. The molecule has 12 nitrogen and oxygen atoms in total. The smallest absolute Gasteiger partial charge is 0.343 e. The van der Waals surface area contributed by atoms with Gasteiger partial charge in [-0.2, -0.15) is 0 Å². The van der Waals surface area contributed by atoms with Gasteiger partial charge in [0.25, 0.3) is 0 Å². The second-order valence-electron chi connectivity index (χ2n) is 8.80. The van der Waals surface area contributed by atoms with Gasteiger partial charge >= 0.3 is 17.9 Å². The van der Waals surface area contributed by atoms with Gasteiger partial charge in [0.1, 0.15) is 12.2 Å². The van der Waals surface area contributed by atoms with Crippen LogP contribution in [0.1, 0.15) is 25.8 Å². The summed E-state index contributed by atoms with van der Waals surface area (Å²) in [4.78, 5) is 48.6. The SMILES string of the molecule is C/C(=C\CC12OC(C(=O)O)C(O)(C(=O)O)C(C(=O)O)(O1)C(O)C2O)C(=O)C(C)Cc1ccccc1. The first-order valence-electron chi connectivity index (χ1n) is 10.7. The van der Waals surface area contributed by atoms with Crippen molar-refractivity contribution in [3.8, 4) is 0 Å². The molecule has 0 radical (unpaired) electrons. The zero-order valence-corrected chi connectivity index (χ0v) is 18.8. The standard InChI is InChI=1S/C23H26O12/c1-11(14(24)12(2)10-13-6-4-3-5-7-13)8-9-21-15(25)16(26)23(35-21,20(31)32)22(33,19(29)30)17(34-21)18(27)28/h3-8,12,15-17,25-26,33H,9-10H2,1-2H3,(H,27,28)(H,29,30)(H,31,32)/b11-8+. The quantitative estimate of drug-likeness (QED) is 0.237. The lowest BCUT2D eigenvalue weighted by atomic mass is 9.74. The predicted molar refractivity (Wildman–Crippen MR) is 114 cm³/mol. The third-order valence-electron chi connectivity index (χ3n) is 6.54. The van der Waals surface area contributed by atoms with E-state index in [1.54, 1.807) is 6.92 Å². The maximum absolute atomic E-state index is 12.8. The average molecular weight is 494 g/mol. The van der Waals surface area contributed by atoms with Gasteiger partial charge < -0.3 is 40.1 Å². The molecule has 7 atom stereocenters. The third kappa shape index (κ3) is 3.93. The number of fused-ring (bicyclic) bond motifs is 2. The number of Topliss-reactive ketones (excluding diaryl/α,β-unsaturated/α-hetero) is 1. The number of ketones is 1. The third-order valence-corrected chi connectivity index (χ3v) is 6.54. The Labute approximate surface area is 199 Å². The molecule has 0 amide bonds. The van der Waals surface area contributed by atoms with Crippen LogP contribution in [-0.2, 0) is 35.1 Å². The average Bonchev–Trinajstić information content (AvgIpc) is 3.00. The molecule has 3 rings (SSSR count). The molecule has 6 N–H and O–H groups in total. The molecule has 2 aliphatic heterocycles. The van der Waals surface area contributed by atoms with Crippen molar-refractivity contribution >= 4 is 23.7 Å². The number of aliphatic carboxylic acids is 3. The topological polar surface area (TPSA) is 208 Å². The number of ether oxygens (including phenoxy) is 2. The number of carbonyl (C=O) groups is 4. The Bertz CT molecular complexity index is 1070. The number of benzene rings is 1. The summed E-state index contributed by atoms with van der Waals surface area (Å²) in [5.74, 6) is -10.0. The van der Waals surface area contributed by atoms with Crippen LogP contribution in [0.25, 0.3) is 0 Å². The van der Waals surface area contributed by atoms with Gasteiger partial charge in [0.2, 0.25) is 23.1 Å². The first-order chi connectivity index (χ1) is 16.2. The summed E-state index contributed by atoms with van der Waals surface area (Å²) in [6.07, 6.45) is -6.62. The van der Waals surface area contributed by atoms with Crippen molar-refractivity contribution in [2.75, 3.05) is 0 Å². The van der Waals surface area contributed by atoms with Gasteiger partial charge in [0.15, 0.2) is 5.78 Å². The first kappa shape index (κ1) is 26.4. The number of carbonyl (C=O) groups excluding carboxylic acids is 1. The molecule has 2 aliphatic rings. The highest BCUT2D eigenvalue weighted by molar-refractivity contribution is 5.98. The number of hydrogen-bond donors (Lipinski definition) is 6. The molecule has 0 aromatic heterocycles. The van der Waals surface area contributed by atoms with E-state index in [0.717, 1.165) is 5.56 Å². The highest BCUT2D eigenvalue weighted by Gasteiger charge is 2.84. The van der Waals surface area contributed by atoms with Crippen LogP contribution < -0.4 is 0 Å². The summed E-state index contributed by atoms with van der Waals surface area (Å²) in [5.41, 5.74) is -6.22. The molecule has 2 fully saturated rings. The molecule has 2 heterocycles. The molecule has 35 heavy (non-hydrogen) atoms. The van der Waals surface area contributed by atoms with Gasteiger partial charge in [-0.3, -0.25) is 4.79 Å². The lowest BCUT2D eigenvalue weighted by molar-refractivity contribution is -0.371. The molecular formula is C23H26O12. The normalized spacial score (nSPS) is 35.3. The van der Waals surface area contributed by atoms with Gasteiger partial charge in [-0.1, -0.05) is 43.3 Å². The summed E-state index contributed by atoms with van der Waals surface area (Å²) in [6.45, 7) is 3.13. The van der Waals surface area contributed by atoms with Crippen molar-refractivity contribution in [1.82, 2.24) is 0 Å². The fraction of sp³-hybridized carbons (Fsp3) is 0.478. The summed E-state index contributed by atoms with van der Waals surface area (Å²) in [6, 6.07) is 9.18. The van der Waals surface area contributed by atoms with Crippen LogP contribution >= 0.6 is 0 Å². The molecule has 0 aliphatic carbocycles. The molecule has 190 valence electrons. The number of aliphatic hydroxyl groups is 3. The highest BCUT2D eigenvalue weighted by Crippen LogP contribution is 2.54. The Kier molecular flexibility index (Phi) is 6.90. The minimum absolute atomic E-state index is 0.149. The maximum Gasteiger partial charge on any atom is 0.343 e. The number of carboxylic acids is 3. The van der Waals surface area contributed by atoms with E-state index >= 15 is 0 Å². The molecule has 0 spiro atoms. The first-order valence-corrected chi connectivity index (χ1v) is 10.7. The highest BCUT2D eigenvalue weighted by atomic mass is 16.8. The van der Waals surface area contributed by atoms with Crippen LogP contribution in [0, 0.1) is 5.92 Å².